The average Bonchev–Trinajstić information content (AvgIpc) is 3.51. The number of hydrogen-bond acceptors (Lipinski definition) is 4. The zero-order valence-corrected chi connectivity index (χ0v) is 16.9. The first-order chi connectivity index (χ1) is 14.6. The van der Waals surface area contributed by atoms with Crippen molar-refractivity contribution in [2.24, 2.45) is 0 Å². The van der Waals surface area contributed by atoms with Gasteiger partial charge in [-0.05, 0) is 37.5 Å². The van der Waals surface area contributed by atoms with Crippen molar-refractivity contribution in [2.45, 2.75) is 31.8 Å². The Morgan fingerprint density at radius 2 is 1.83 bits per heavy atom. The Hall–Kier alpha value is -3.61. The van der Waals surface area contributed by atoms with Gasteiger partial charge in [-0.15, -0.1) is 0 Å². The van der Waals surface area contributed by atoms with Crippen LogP contribution in [0.4, 0.5) is 0 Å². The first-order valence-electron chi connectivity index (χ1n) is 10.0. The topological polar surface area (TPSA) is 71.1 Å². The summed E-state index contributed by atoms with van der Waals surface area (Å²) >= 11 is 0. The Balaban J connectivity index is 1.82. The van der Waals surface area contributed by atoms with Crippen LogP contribution in [0, 0.1) is 0 Å². The molecule has 1 fully saturated rings. The van der Waals surface area contributed by atoms with Gasteiger partial charge in [-0.25, -0.2) is 14.3 Å². The minimum atomic E-state index is -0.360. The molecule has 1 atom stereocenters. The number of aromatic nitrogens is 4. The van der Waals surface area contributed by atoms with E-state index in [4.69, 9.17) is 4.74 Å². The SMILES string of the molecule is COc1cccc(-n2c(=O)n(C3CC3)c(=O)c3c2ncn3[C@H](C)c2ccccc2)c1. The third-order valence-corrected chi connectivity index (χ3v) is 5.73. The molecule has 0 radical (unpaired) electrons. The second kappa shape index (κ2) is 7.02. The third kappa shape index (κ3) is 2.85. The molecule has 152 valence electrons. The number of ether oxygens (including phenoxy) is 1. The molecule has 7 heteroatoms. The number of imidazole rings is 1. The van der Waals surface area contributed by atoms with Crippen molar-refractivity contribution in [3.63, 3.8) is 0 Å². The molecule has 30 heavy (non-hydrogen) atoms. The van der Waals surface area contributed by atoms with Gasteiger partial charge in [0.1, 0.15) is 5.75 Å². The molecule has 0 saturated heterocycles. The van der Waals surface area contributed by atoms with Crippen molar-refractivity contribution < 1.29 is 4.74 Å². The zero-order valence-electron chi connectivity index (χ0n) is 16.9. The zero-order chi connectivity index (χ0) is 20.8. The minimum Gasteiger partial charge on any atom is -0.497 e. The van der Waals surface area contributed by atoms with E-state index in [1.54, 1.807) is 19.5 Å². The predicted octanol–water partition coefficient (Wildman–Crippen LogP) is 3.30. The van der Waals surface area contributed by atoms with Gasteiger partial charge in [-0.1, -0.05) is 36.4 Å². The monoisotopic (exact) mass is 402 g/mol. The van der Waals surface area contributed by atoms with E-state index in [0.29, 0.717) is 22.6 Å². The standard InChI is InChI=1S/C23H22N4O3/c1-15(16-7-4-3-5-8-16)25-14-24-21-20(25)22(28)27(17-11-12-17)23(29)26(21)18-9-6-10-19(13-18)30-2/h3-10,13-15,17H,11-12H2,1-2H3/t15-/m1/s1. The molecule has 1 aliphatic carbocycles. The lowest BCUT2D eigenvalue weighted by Gasteiger charge is -2.16. The normalized spacial score (nSPS) is 14.7. The molecule has 0 N–H and O–H groups in total. The third-order valence-electron chi connectivity index (χ3n) is 5.73. The van der Waals surface area contributed by atoms with Crippen LogP contribution in [0.2, 0.25) is 0 Å². The fourth-order valence-electron chi connectivity index (χ4n) is 3.94. The van der Waals surface area contributed by atoms with Crippen LogP contribution in [-0.2, 0) is 0 Å². The summed E-state index contributed by atoms with van der Waals surface area (Å²) < 4.78 is 10.1. The Bertz CT molecular complexity index is 1350. The van der Waals surface area contributed by atoms with Gasteiger partial charge in [0.15, 0.2) is 11.2 Å². The minimum absolute atomic E-state index is 0.0540. The molecule has 0 amide bonds. The molecule has 2 aromatic carbocycles. The maximum Gasteiger partial charge on any atom is 0.337 e. The van der Waals surface area contributed by atoms with E-state index in [2.05, 4.69) is 4.98 Å². The number of hydrogen-bond donors (Lipinski definition) is 0. The molecule has 0 unspecified atom stereocenters. The first-order valence-corrected chi connectivity index (χ1v) is 10.0. The fraction of sp³-hybridized carbons (Fsp3) is 0.261. The summed E-state index contributed by atoms with van der Waals surface area (Å²) in [5.74, 6) is 0.633. The Kier molecular flexibility index (Phi) is 4.31. The van der Waals surface area contributed by atoms with E-state index in [0.717, 1.165) is 18.4 Å². The van der Waals surface area contributed by atoms with Gasteiger partial charge < -0.3 is 9.30 Å². The van der Waals surface area contributed by atoms with Crippen molar-refractivity contribution in [3.8, 4) is 11.4 Å². The number of rotatable bonds is 5. The van der Waals surface area contributed by atoms with Crippen molar-refractivity contribution in [1.29, 1.82) is 0 Å². The largest absolute Gasteiger partial charge is 0.497 e. The van der Waals surface area contributed by atoms with E-state index in [1.807, 2.05) is 60.0 Å². The van der Waals surface area contributed by atoms with E-state index in [1.165, 1.54) is 9.13 Å². The Labute approximate surface area is 172 Å². The van der Waals surface area contributed by atoms with E-state index in [9.17, 15) is 9.59 Å². The van der Waals surface area contributed by atoms with E-state index < -0.39 is 0 Å². The molecule has 2 heterocycles. The van der Waals surface area contributed by atoms with Crippen molar-refractivity contribution in [3.05, 3.63) is 87.3 Å². The maximum absolute atomic E-state index is 13.4. The second-order valence-electron chi connectivity index (χ2n) is 7.64. The molecule has 5 rings (SSSR count). The number of nitrogens with zero attached hydrogens (tertiary/aromatic N) is 4. The van der Waals surface area contributed by atoms with Gasteiger partial charge in [0.05, 0.1) is 25.2 Å². The molecule has 2 aromatic heterocycles. The smallest absolute Gasteiger partial charge is 0.337 e. The van der Waals surface area contributed by atoms with Crippen LogP contribution in [0.3, 0.4) is 0 Å². The lowest BCUT2D eigenvalue weighted by atomic mass is 10.1. The average molecular weight is 402 g/mol. The van der Waals surface area contributed by atoms with Crippen LogP contribution in [0.1, 0.15) is 37.4 Å². The van der Waals surface area contributed by atoms with Gasteiger partial charge in [0.2, 0.25) is 0 Å². The number of methoxy groups -OCH3 is 1. The van der Waals surface area contributed by atoms with Gasteiger partial charge >= 0.3 is 5.69 Å². The summed E-state index contributed by atoms with van der Waals surface area (Å²) in [6.07, 6.45) is 3.32. The molecule has 7 nitrogen and oxygen atoms in total. The highest BCUT2D eigenvalue weighted by Gasteiger charge is 2.31. The summed E-state index contributed by atoms with van der Waals surface area (Å²) in [4.78, 5) is 31.3. The molecular weight excluding hydrogens is 380 g/mol. The first kappa shape index (κ1) is 18.4. The second-order valence-corrected chi connectivity index (χ2v) is 7.64. The van der Waals surface area contributed by atoms with Crippen molar-refractivity contribution >= 4 is 11.2 Å². The summed E-state index contributed by atoms with van der Waals surface area (Å²) in [6, 6.07) is 17.0. The van der Waals surface area contributed by atoms with Crippen LogP contribution < -0.4 is 16.0 Å². The Morgan fingerprint density at radius 1 is 1.07 bits per heavy atom. The lowest BCUT2D eigenvalue weighted by molar-refractivity contribution is 0.414. The summed E-state index contributed by atoms with van der Waals surface area (Å²) in [5, 5.41) is 0. The van der Waals surface area contributed by atoms with Gasteiger partial charge in [0, 0.05) is 12.1 Å². The summed E-state index contributed by atoms with van der Waals surface area (Å²) in [6.45, 7) is 2.03. The van der Waals surface area contributed by atoms with Crippen LogP contribution in [-0.4, -0.2) is 25.8 Å². The summed E-state index contributed by atoms with van der Waals surface area (Å²) in [5.41, 5.74) is 1.83. The molecule has 1 aliphatic rings. The molecule has 0 spiro atoms. The van der Waals surface area contributed by atoms with E-state index in [-0.39, 0.29) is 23.3 Å². The quantitative estimate of drug-likeness (QED) is 0.514. The number of benzene rings is 2. The lowest BCUT2D eigenvalue weighted by Crippen LogP contribution is -2.39. The molecular formula is C23H22N4O3. The van der Waals surface area contributed by atoms with Gasteiger partial charge in [0.25, 0.3) is 5.56 Å². The molecule has 1 saturated carbocycles. The fourth-order valence-corrected chi connectivity index (χ4v) is 3.94. The van der Waals surface area contributed by atoms with E-state index >= 15 is 0 Å². The molecule has 0 bridgehead atoms. The highest BCUT2D eigenvalue weighted by Crippen LogP contribution is 2.33. The highest BCUT2D eigenvalue weighted by molar-refractivity contribution is 5.73. The van der Waals surface area contributed by atoms with Crippen LogP contribution in [0.25, 0.3) is 16.9 Å². The van der Waals surface area contributed by atoms with Gasteiger partial charge in [-0.2, -0.15) is 0 Å². The molecule has 4 aromatic rings. The number of fused-ring (bicyclic) bond motifs is 1. The van der Waals surface area contributed by atoms with Crippen LogP contribution >= 0.6 is 0 Å². The highest BCUT2D eigenvalue weighted by atomic mass is 16.5. The van der Waals surface area contributed by atoms with Crippen LogP contribution in [0.15, 0.2) is 70.5 Å². The van der Waals surface area contributed by atoms with Crippen molar-refractivity contribution in [2.75, 3.05) is 7.11 Å². The molecule has 0 aliphatic heterocycles. The van der Waals surface area contributed by atoms with Gasteiger partial charge in [-0.3, -0.25) is 9.36 Å². The predicted molar refractivity (Wildman–Crippen MR) is 115 cm³/mol. The van der Waals surface area contributed by atoms with Crippen LogP contribution in [0.5, 0.6) is 5.75 Å². The Morgan fingerprint density at radius 3 is 2.53 bits per heavy atom. The summed E-state index contributed by atoms with van der Waals surface area (Å²) in [7, 11) is 1.58. The van der Waals surface area contributed by atoms with Crippen molar-refractivity contribution in [1.82, 2.24) is 18.7 Å². The maximum atomic E-state index is 13.4.